The molecule has 1 amide bonds. The van der Waals surface area contributed by atoms with Crippen molar-refractivity contribution in [1.82, 2.24) is 20.0 Å². The highest BCUT2D eigenvalue weighted by atomic mass is 16.4. The molecule has 0 atom stereocenters. The molecule has 26 heavy (non-hydrogen) atoms. The molecule has 1 fully saturated rings. The van der Waals surface area contributed by atoms with Crippen molar-refractivity contribution >= 4 is 17.8 Å². The van der Waals surface area contributed by atoms with Gasteiger partial charge in [-0.05, 0) is 19.4 Å². The Morgan fingerprint density at radius 1 is 0.808 bits per heavy atom. The van der Waals surface area contributed by atoms with Crippen LogP contribution in [-0.2, 0) is 14.4 Å². The van der Waals surface area contributed by atoms with E-state index in [9.17, 15) is 14.4 Å². The van der Waals surface area contributed by atoms with Gasteiger partial charge in [-0.1, -0.05) is 6.92 Å². The molecule has 0 bridgehead atoms. The number of hydrogen-bond donors (Lipinski definition) is 3. The van der Waals surface area contributed by atoms with Crippen molar-refractivity contribution < 1.29 is 24.6 Å². The van der Waals surface area contributed by atoms with Gasteiger partial charge in [-0.2, -0.15) is 0 Å². The molecule has 0 aromatic rings. The Morgan fingerprint density at radius 2 is 1.27 bits per heavy atom. The summed E-state index contributed by atoms with van der Waals surface area (Å²) in [6, 6.07) is 0. The van der Waals surface area contributed by atoms with E-state index in [0.717, 1.165) is 32.5 Å². The molecular formula is C17H32N4O5. The van der Waals surface area contributed by atoms with E-state index in [4.69, 9.17) is 10.2 Å². The van der Waals surface area contributed by atoms with Gasteiger partial charge in [-0.3, -0.25) is 24.2 Å². The molecule has 9 heteroatoms. The first kappa shape index (κ1) is 22.3. The first-order valence-electron chi connectivity index (χ1n) is 9.28. The maximum atomic E-state index is 11.2. The average molecular weight is 372 g/mol. The van der Waals surface area contributed by atoms with Gasteiger partial charge in [-0.15, -0.1) is 0 Å². The number of rotatable bonds is 10. The highest BCUT2D eigenvalue weighted by Gasteiger charge is 2.19. The van der Waals surface area contributed by atoms with Gasteiger partial charge < -0.3 is 20.4 Å². The summed E-state index contributed by atoms with van der Waals surface area (Å²) < 4.78 is 0. The Kier molecular flexibility index (Phi) is 10.8. The van der Waals surface area contributed by atoms with Crippen molar-refractivity contribution in [3.8, 4) is 0 Å². The van der Waals surface area contributed by atoms with Crippen molar-refractivity contribution in [3.63, 3.8) is 0 Å². The minimum atomic E-state index is -0.868. The van der Waals surface area contributed by atoms with Crippen molar-refractivity contribution in [3.05, 3.63) is 0 Å². The summed E-state index contributed by atoms with van der Waals surface area (Å²) in [5.74, 6) is -1.68. The zero-order valence-corrected chi connectivity index (χ0v) is 15.7. The number of carbonyl (C=O) groups excluding carboxylic acids is 1. The fourth-order valence-electron chi connectivity index (χ4n) is 2.92. The largest absolute Gasteiger partial charge is 0.480 e. The van der Waals surface area contributed by atoms with Crippen LogP contribution in [0.1, 0.15) is 26.2 Å². The highest BCUT2D eigenvalue weighted by molar-refractivity contribution is 5.75. The number of nitrogens with zero attached hydrogens (tertiary/aromatic N) is 3. The van der Waals surface area contributed by atoms with Crippen LogP contribution in [0.2, 0.25) is 0 Å². The van der Waals surface area contributed by atoms with Gasteiger partial charge in [0.2, 0.25) is 5.91 Å². The van der Waals surface area contributed by atoms with Crippen molar-refractivity contribution in [2.75, 3.05) is 65.4 Å². The molecule has 0 aromatic heterocycles. The fourth-order valence-corrected chi connectivity index (χ4v) is 2.92. The van der Waals surface area contributed by atoms with Crippen LogP contribution in [-0.4, -0.2) is 108 Å². The zero-order chi connectivity index (χ0) is 19.4. The summed E-state index contributed by atoms with van der Waals surface area (Å²) in [4.78, 5) is 39.2. The lowest BCUT2D eigenvalue weighted by molar-refractivity contribution is -0.140. The van der Waals surface area contributed by atoms with Gasteiger partial charge in [0.05, 0.1) is 13.1 Å². The van der Waals surface area contributed by atoms with E-state index in [2.05, 4.69) is 10.2 Å². The Labute approximate surface area is 154 Å². The van der Waals surface area contributed by atoms with Gasteiger partial charge in [0.1, 0.15) is 0 Å². The Balaban J connectivity index is 2.48. The highest BCUT2D eigenvalue weighted by Crippen LogP contribution is 2.03. The van der Waals surface area contributed by atoms with Crippen LogP contribution in [0.15, 0.2) is 0 Å². The van der Waals surface area contributed by atoms with Crippen LogP contribution in [0, 0.1) is 0 Å². The summed E-state index contributed by atoms with van der Waals surface area (Å²) in [7, 11) is 0. The maximum Gasteiger partial charge on any atom is 0.317 e. The van der Waals surface area contributed by atoms with E-state index in [1.807, 2.05) is 16.7 Å². The Bertz CT molecular complexity index is 432. The van der Waals surface area contributed by atoms with Crippen molar-refractivity contribution in [2.45, 2.75) is 26.2 Å². The number of aliphatic carboxylic acids is 2. The lowest BCUT2D eigenvalue weighted by Crippen LogP contribution is -2.40. The second-order valence-electron chi connectivity index (χ2n) is 6.59. The van der Waals surface area contributed by atoms with Gasteiger partial charge >= 0.3 is 11.9 Å². The molecular weight excluding hydrogens is 340 g/mol. The van der Waals surface area contributed by atoms with Gasteiger partial charge in [0.15, 0.2) is 0 Å². The van der Waals surface area contributed by atoms with Gasteiger partial charge in [0.25, 0.3) is 0 Å². The molecule has 1 saturated heterocycles. The lowest BCUT2D eigenvalue weighted by Gasteiger charge is -2.25. The number of carbonyl (C=O) groups is 3. The second-order valence-corrected chi connectivity index (χ2v) is 6.59. The van der Waals surface area contributed by atoms with Crippen LogP contribution >= 0.6 is 0 Å². The minimum absolute atomic E-state index is 0.0300. The van der Waals surface area contributed by atoms with E-state index >= 15 is 0 Å². The molecule has 0 aliphatic carbocycles. The SMILES string of the molecule is CCC(=O)NCCCCN1CCN(CC(=O)O)CCN(CC(=O)O)CC1. The third kappa shape index (κ3) is 10.3. The Hall–Kier alpha value is -1.71. The summed E-state index contributed by atoms with van der Waals surface area (Å²) in [6.07, 6.45) is 2.31. The molecule has 150 valence electrons. The quantitative estimate of drug-likeness (QED) is 0.435. The van der Waals surface area contributed by atoms with Crippen molar-refractivity contribution in [1.29, 1.82) is 0 Å². The smallest absolute Gasteiger partial charge is 0.317 e. The van der Waals surface area contributed by atoms with Crippen LogP contribution in [0.5, 0.6) is 0 Å². The molecule has 1 rings (SSSR count). The van der Waals surface area contributed by atoms with Crippen LogP contribution in [0.3, 0.4) is 0 Å². The van der Waals surface area contributed by atoms with E-state index in [1.54, 1.807) is 0 Å². The Morgan fingerprint density at radius 3 is 1.69 bits per heavy atom. The number of nitrogens with one attached hydrogen (secondary N) is 1. The molecule has 3 N–H and O–H groups in total. The summed E-state index contributed by atoms with van der Waals surface area (Å²) in [6.45, 7) is 7.21. The first-order chi connectivity index (χ1) is 12.4. The molecule has 1 heterocycles. The van der Waals surface area contributed by atoms with Gasteiger partial charge in [0, 0.05) is 52.2 Å². The first-order valence-corrected chi connectivity index (χ1v) is 9.28. The predicted octanol–water partition coefficient (Wildman–Crippen LogP) is -0.618. The summed E-state index contributed by atoms with van der Waals surface area (Å²) in [5.41, 5.74) is 0. The monoisotopic (exact) mass is 372 g/mol. The van der Waals surface area contributed by atoms with Gasteiger partial charge in [-0.25, -0.2) is 0 Å². The molecule has 0 spiro atoms. The average Bonchev–Trinajstić information content (AvgIpc) is 2.66. The number of unbranched alkanes of at least 4 members (excludes halogenated alkanes) is 1. The molecule has 0 radical (unpaired) electrons. The molecule has 0 aromatic carbocycles. The number of carboxylic acids is 2. The zero-order valence-electron chi connectivity index (χ0n) is 15.7. The van der Waals surface area contributed by atoms with Crippen molar-refractivity contribution in [2.24, 2.45) is 0 Å². The van der Waals surface area contributed by atoms with Crippen LogP contribution in [0.4, 0.5) is 0 Å². The lowest BCUT2D eigenvalue weighted by atomic mass is 10.2. The number of carboxylic acid groups (broad SMARTS) is 2. The number of amides is 1. The molecule has 1 aliphatic rings. The van der Waals surface area contributed by atoms with E-state index in [1.165, 1.54) is 0 Å². The topological polar surface area (TPSA) is 113 Å². The van der Waals surface area contributed by atoms with Crippen LogP contribution in [0.25, 0.3) is 0 Å². The third-order valence-corrected chi connectivity index (χ3v) is 4.46. The summed E-state index contributed by atoms with van der Waals surface area (Å²) in [5, 5.41) is 20.9. The molecule has 9 nitrogen and oxygen atoms in total. The standard InChI is InChI=1S/C17H32N4O5/c1-2-15(22)18-5-3-4-6-19-7-9-20(13-16(23)24)11-12-21(10-8-19)14-17(25)26/h2-14H2,1H3,(H,18,22)(H,23,24)(H,25,26). The summed E-state index contributed by atoms with van der Waals surface area (Å²) >= 11 is 0. The molecule has 1 aliphatic heterocycles. The minimum Gasteiger partial charge on any atom is -0.480 e. The fraction of sp³-hybridized carbons (Fsp3) is 0.824. The predicted molar refractivity (Wildman–Crippen MR) is 97.1 cm³/mol. The van der Waals surface area contributed by atoms with E-state index in [0.29, 0.717) is 39.1 Å². The molecule has 0 unspecified atom stereocenters. The van der Waals surface area contributed by atoms with E-state index in [-0.39, 0.29) is 19.0 Å². The second kappa shape index (κ2) is 12.6. The maximum absolute atomic E-state index is 11.2. The normalized spacial score (nSPS) is 17.9. The van der Waals surface area contributed by atoms with E-state index < -0.39 is 11.9 Å². The van der Waals surface area contributed by atoms with Crippen LogP contribution < -0.4 is 5.32 Å². The number of hydrogen-bond acceptors (Lipinski definition) is 6. The third-order valence-electron chi connectivity index (χ3n) is 4.46. The molecule has 0 saturated carbocycles.